The summed E-state index contributed by atoms with van der Waals surface area (Å²) >= 11 is 0. The van der Waals surface area contributed by atoms with Crippen LogP contribution in [0.2, 0.25) is 0 Å². The molecule has 0 atom stereocenters. The van der Waals surface area contributed by atoms with Gasteiger partial charge in [-0.05, 0) is 71.8 Å². The summed E-state index contributed by atoms with van der Waals surface area (Å²) in [6.45, 7) is 10.4. The van der Waals surface area contributed by atoms with E-state index in [1.807, 2.05) is 13.8 Å². The number of fused-ring (bicyclic) bond motifs is 1. The van der Waals surface area contributed by atoms with Crippen LogP contribution in [0, 0.1) is 0 Å². The lowest BCUT2D eigenvalue weighted by molar-refractivity contribution is 0.441. The first-order valence-corrected chi connectivity index (χ1v) is 9.93. The fraction of sp³-hybridized carbons (Fsp3) is 0.360. The van der Waals surface area contributed by atoms with Gasteiger partial charge in [0.1, 0.15) is 23.0 Å². The minimum Gasteiger partial charge on any atom is -0.508 e. The van der Waals surface area contributed by atoms with Crippen LogP contribution in [0.15, 0.2) is 52.6 Å². The van der Waals surface area contributed by atoms with Crippen LogP contribution in [0.3, 0.4) is 0 Å². The fourth-order valence-electron chi connectivity index (χ4n) is 3.39. The second-order valence-electron chi connectivity index (χ2n) is 8.14. The molecule has 0 aliphatic heterocycles. The normalized spacial score (nSPS) is 11.6. The summed E-state index contributed by atoms with van der Waals surface area (Å²) in [4.78, 5) is 0. The zero-order valence-corrected chi connectivity index (χ0v) is 18.0. The van der Waals surface area contributed by atoms with Crippen LogP contribution in [0.25, 0.3) is 10.8 Å². The van der Waals surface area contributed by atoms with Gasteiger partial charge in [-0.3, -0.25) is 0 Å². The number of benzene rings is 2. The van der Waals surface area contributed by atoms with Crippen LogP contribution in [-0.2, 0) is 6.42 Å². The summed E-state index contributed by atoms with van der Waals surface area (Å²) in [5.74, 6) is -0.599. The van der Waals surface area contributed by atoms with Crippen molar-refractivity contribution < 1.29 is 20.4 Å². The first kappa shape index (κ1) is 22.4. The van der Waals surface area contributed by atoms with Gasteiger partial charge in [-0.25, -0.2) is 0 Å². The lowest BCUT2D eigenvalue weighted by atomic mass is 9.92. The highest BCUT2D eigenvalue weighted by atomic mass is 16.3. The van der Waals surface area contributed by atoms with Crippen molar-refractivity contribution in [2.45, 2.75) is 60.3 Å². The average Bonchev–Trinajstić information content (AvgIpc) is 2.59. The molecule has 156 valence electrons. The molecule has 29 heavy (non-hydrogen) atoms. The van der Waals surface area contributed by atoms with Gasteiger partial charge in [0.2, 0.25) is 0 Å². The molecular weight excluding hydrogens is 364 g/mol. The van der Waals surface area contributed by atoms with Gasteiger partial charge in [0.15, 0.2) is 0 Å². The molecule has 0 unspecified atom stereocenters. The lowest BCUT2D eigenvalue weighted by Gasteiger charge is -2.15. The number of aromatic hydroxyl groups is 4. The third-order valence-corrected chi connectivity index (χ3v) is 5.15. The van der Waals surface area contributed by atoms with E-state index < -0.39 is 0 Å². The molecule has 0 bridgehead atoms. The zero-order valence-electron chi connectivity index (χ0n) is 18.0. The summed E-state index contributed by atoms with van der Waals surface area (Å²) in [7, 11) is 0. The number of rotatable bonds is 7. The van der Waals surface area contributed by atoms with Crippen LogP contribution < -0.4 is 0 Å². The summed E-state index contributed by atoms with van der Waals surface area (Å²) in [5, 5.41) is 41.4. The molecule has 0 saturated carbocycles. The SMILES string of the molecule is CC(C)=CCC/C(C)=C\CC(Cc1c(O)cc(O)c2c(O)cc(O)cc12)=C(C)C. The smallest absolute Gasteiger partial charge is 0.130 e. The van der Waals surface area contributed by atoms with Crippen molar-refractivity contribution in [3.8, 4) is 23.0 Å². The molecule has 0 heterocycles. The van der Waals surface area contributed by atoms with Gasteiger partial charge in [-0.1, -0.05) is 34.4 Å². The Balaban J connectivity index is 2.36. The molecule has 0 radical (unpaired) electrons. The largest absolute Gasteiger partial charge is 0.508 e. The molecule has 0 aliphatic carbocycles. The lowest BCUT2D eigenvalue weighted by Crippen LogP contribution is -1.96. The Morgan fingerprint density at radius 2 is 1.48 bits per heavy atom. The first-order valence-electron chi connectivity index (χ1n) is 9.93. The summed E-state index contributed by atoms with van der Waals surface area (Å²) in [6.07, 6.45) is 7.71. The van der Waals surface area contributed by atoms with Gasteiger partial charge in [0.25, 0.3) is 0 Å². The van der Waals surface area contributed by atoms with Gasteiger partial charge in [-0.15, -0.1) is 0 Å². The van der Waals surface area contributed by atoms with Crippen LogP contribution in [0.5, 0.6) is 23.0 Å². The van der Waals surface area contributed by atoms with Crippen LogP contribution in [0.1, 0.15) is 59.4 Å². The Morgan fingerprint density at radius 1 is 0.828 bits per heavy atom. The molecule has 0 aliphatic rings. The minimum atomic E-state index is -0.215. The molecule has 4 heteroatoms. The van der Waals surface area contributed by atoms with Crippen LogP contribution in [0.4, 0.5) is 0 Å². The maximum Gasteiger partial charge on any atom is 0.130 e. The van der Waals surface area contributed by atoms with E-state index in [4.69, 9.17) is 0 Å². The Labute approximate surface area is 173 Å². The van der Waals surface area contributed by atoms with Crippen LogP contribution >= 0.6 is 0 Å². The molecule has 0 aromatic heterocycles. The van der Waals surface area contributed by atoms with Gasteiger partial charge >= 0.3 is 0 Å². The molecule has 2 aromatic rings. The molecule has 4 N–H and O–H groups in total. The van der Waals surface area contributed by atoms with Crippen LogP contribution in [-0.4, -0.2) is 20.4 Å². The van der Waals surface area contributed by atoms with Gasteiger partial charge < -0.3 is 20.4 Å². The van der Waals surface area contributed by atoms with Gasteiger partial charge in [0.05, 0.1) is 5.39 Å². The van der Waals surface area contributed by atoms with E-state index in [0.717, 1.165) is 30.4 Å². The van der Waals surface area contributed by atoms with E-state index in [1.165, 1.54) is 29.3 Å². The zero-order chi connectivity index (χ0) is 21.7. The van der Waals surface area contributed by atoms with Crippen molar-refractivity contribution in [1.82, 2.24) is 0 Å². The van der Waals surface area contributed by atoms with E-state index in [2.05, 4.69) is 32.9 Å². The Bertz CT molecular complexity index is 978. The second-order valence-corrected chi connectivity index (χ2v) is 8.14. The summed E-state index contributed by atoms with van der Waals surface area (Å²) in [5.41, 5.74) is 5.52. The number of allylic oxidation sites excluding steroid dienone is 6. The summed E-state index contributed by atoms with van der Waals surface area (Å²) in [6, 6.07) is 3.90. The van der Waals surface area contributed by atoms with Crippen molar-refractivity contribution in [2.24, 2.45) is 0 Å². The van der Waals surface area contributed by atoms with Gasteiger partial charge in [-0.2, -0.15) is 0 Å². The van der Waals surface area contributed by atoms with Crippen molar-refractivity contribution in [3.05, 3.63) is 58.2 Å². The monoisotopic (exact) mass is 396 g/mol. The molecule has 0 saturated heterocycles. The molecular formula is C25H32O4. The molecule has 2 rings (SSSR count). The minimum absolute atomic E-state index is 0.0528. The molecule has 4 nitrogen and oxygen atoms in total. The third kappa shape index (κ3) is 5.80. The number of hydrogen-bond acceptors (Lipinski definition) is 4. The quantitative estimate of drug-likeness (QED) is 0.396. The Morgan fingerprint density at radius 3 is 2.10 bits per heavy atom. The highest BCUT2D eigenvalue weighted by Gasteiger charge is 2.17. The molecule has 0 amide bonds. The maximum atomic E-state index is 10.5. The van der Waals surface area contributed by atoms with E-state index in [-0.39, 0.29) is 28.4 Å². The van der Waals surface area contributed by atoms with E-state index in [1.54, 1.807) is 0 Å². The molecule has 0 fully saturated rings. The van der Waals surface area contributed by atoms with E-state index in [0.29, 0.717) is 17.4 Å². The van der Waals surface area contributed by atoms with Crippen molar-refractivity contribution in [1.29, 1.82) is 0 Å². The fourth-order valence-corrected chi connectivity index (χ4v) is 3.39. The maximum absolute atomic E-state index is 10.5. The first-order chi connectivity index (χ1) is 13.6. The standard InChI is InChI=1S/C25H32O4/c1-15(2)7-6-8-17(5)9-10-18(16(3)4)11-20-21-12-19(26)13-23(28)25(21)24(29)14-22(20)27/h7,9,12-14,26-29H,6,8,10-11H2,1-5H3/b17-9-. The highest BCUT2D eigenvalue weighted by Crippen LogP contribution is 2.42. The Hall–Kier alpha value is -2.88. The third-order valence-electron chi connectivity index (χ3n) is 5.15. The van der Waals surface area contributed by atoms with Gasteiger partial charge in [0, 0.05) is 17.7 Å². The number of hydrogen-bond donors (Lipinski definition) is 4. The topological polar surface area (TPSA) is 80.9 Å². The number of phenolic OH excluding ortho intramolecular Hbond substituents is 4. The second kappa shape index (κ2) is 9.55. The summed E-state index contributed by atoms with van der Waals surface area (Å²) < 4.78 is 0. The van der Waals surface area contributed by atoms with E-state index in [9.17, 15) is 20.4 Å². The van der Waals surface area contributed by atoms with Crippen molar-refractivity contribution in [3.63, 3.8) is 0 Å². The predicted molar refractivity (Wildman–Crippen MR) is 120 cm³/mol. The predicted octanol–water partition coefficient (Wildman–Crippen LogP) is 6.62. The van der Waals surface area contributed by atoms with E-state index >= 15 is 0 Å². The molecule has 0 spiro atoms. The van der Waals surface area contributed by atoms with Crippen molar-refractivity contribution in [2.75, 3.05) is 0 Å². The van der Waals surface area contributed by atoms with Crippen molar-refractivity contribution >= 4 is 10.8 Å². The number of phenols is 4. The highest BCUT2D eigenvalue weighted by molar-refractivity contribution is 5.98. The average molecular weight is 397 g/mol. The molecule has 2 aromatic carbocycles. The Kier molecular flexibility index (Phi) is 7.38.